The molecule has 1 atom stereocenters. The fourth-order valence-corrected chi connectivity index (χ4v) is 2.93. The Morgan fingerprint density at radius 2 is 2.00 bits per heavy atom. The predicted octanol–water partition coefficient (Wildman–Crippen LogP) is 1.78. The van der Waals surface area contributed by atoms with Crippen LogP contribution < -0.4 is 5.32 Å². The molecule has 112 valence electrons. The molecule has 1 saturated heterocycles. The van der Waals surface area contributed by atoms with Crippen LogP contribution in [0.25, 0.3) is 0 Å². The highest BCUT2D eigenvalue weighted by Gasteiger charge is 2.34. The van der Waals surface area contributed by atoms with Crippen LogP contribution in [0.4, 0.5) is 5.69 Å². The molecule has 1 unspecified atom stereocenters. The maximum atomic E-state index is 12.8. The minimum Gasteiger partial charge on any atom is -0.381 e. The van der Waals surface area contributed by atoms with E-state index >= 15 is 0 Å². The van der Waals surface area contributed by atoms with E-state index in [0.717, 1.165) is 24.1 Å². The van der Waals surface area contributed by atoms with Gasteiger partial charge in [-0.25, -0.2) is 0 Å². The van der Waals surface area contributed by atoms with E-state index in [2.05, 4.69) is 5.32 Å². The standard InChI is InChI=1S/C16H20N2O3/c1-11-15(19)17-14-5-3-2-4-13(14)10-18(11)16(20)12-6-8-21-9-7-12/h2-5,11-12H,6-10H2,1H3,(H,17,19). The van der Waals surface area contributed by atoms with Gasteiger partial charge in [-0.2, -0.15) is 0 Å². The molecule has 3 rings (SSSR count). The number of nitrogens with zero attached hydrogens (tertiary/aromatic N) is 1. The Bertz CT molecular complexity index is 552. The molecule has 0 bridgehead atoms. The van der Waals surface area contributed by atoms with Crippen LogP contribution in [0.5, 0.6) is 0 Å². The molecular formula is C16H20N2O3. The molecule has 0 saturated carbocycles. The second-order valence-corrected chi connectivity index (χ2v) is 5.68. The van der Waals surface area contributed by atoms with Gasteiger partial charge in [0.1, 0.15) is 6.04 Å². The lowest BCUT2D eigenvalue weighted by Crippen LogP contribution is -2.46. The Morgan fingerprint density at radius 3 is 2.76 bits per heavy atom. The Balaban J connectivity index is 1.86. The van der Waals surface area contributed by atoms with Crippen LogP contribution in [-0.2, 0) is 20.9 Å². The number of hydrogen-bond donors (Lipinski definition) is 1. The summed E-state index contributed by atoms with van der Waals surface area (Å²) >= 11 is 0. The zero-order valence-electron chi connectivity index (χ0n) is 12.2. The number of benzene rings is 1. The molecule has 1 N–H and O–H groups in total. The summed E-state index contributed by atoms with van der Waals surface area (Å²) in [6, 6.07) is 7.20. The molecule has 1 fully saturated rings. The van der Waals surface area contributed by atoms with Crippen molar-refractivity contribution in [2.24, 2.45) is 5.92 Å². The smallest absolute Gasteiger partial charge is 0.246 e. The summed E-state index contributed by atoms with van der Waals surface area (Å²) in [4.78, 5) is 26.7. The van der Waals surface area contributed by atoms with Gasteiger partial charge in [-0.05, 0) is 31.4 Å². The number of carbonyl (C=O) groups is 2. The second kappa shape index (κ2) is 5.85. The molecule has 2 aliphatic rings. The van der Waals surface area contributed by atoms with E-state index < -0.39 is 6.04 Å². The normalized spacial score (nSPS) is 23.2. The number of rotatable bonds is 1. The van der Waals surface area contributed by atoms with Crippen LogP contribution in [0.15, 0.2) is 24.3 Å². The van der Waals surface area contributed by atoms with Crippen LogP contribution in [0.1, 0.15) is 25.3 Å². The van der Waals surface area contributed by atoms with E-state index in [1.165, 1.54) is 0 Å². The number of ether oxygens (including phenoxy) is 1. The molecule has 0 aromatic heterocycles. The topological polar surface area (TPSA) is 58.6 Å². The summed E-state index contributed by atoms with van der Waals surface area (Å²) in [5.41, 5.74) is 1.78. The summed E-state index contributed by atoms with van der Waals surface area (Å²) in [7, 11) is 0. The van der Waals surface area contributed by atoms with Crippen LogP contribution in [0.3, 0.4) is 0 Å². The first kappa shape index (κ1) is 14.1. The minimum atomic E-state index is -0.451. The van der Waals surface area contributed by atoms with Crippen LogP contribution in [-0.4, -0.2) is 36.0 Å². The maximum absolute atomic E-state index is 12.8. The molecule has 21 heavy (non-hydrogen) atoms. The summed E-state index contributed by atoms with van der Waals surface area (Å²) in [6.45, 7) is 3.52. The monoisotopic (exact) mass is 288 g/mol. The highest BCUT2D eigenvalue weighted by molar-refractivity contribution is 5.98. The van der Waals surface area contributed by atoms with E-state index in [-0.39, 0.29) is 17.7 Å². The van der Waals surface area contributed by atoms with Crippen molar-refractivity contribution >= 4 is 17.5 Å². The highest BCUT2D eigenvalue weighted by atomic mass is 16.5. The molecule has 2 heterocycles. The van der Waals surface area contributed by atoms with Crippen molar-refractivity contribution in [3.63, 3.8) is 0 Å². The first-order valence-corrected chi connectivity index (χ1v) is 7.44. The quantitative estimate of drug-likeness (QED) is 0.857. The average Bonchev–Trinajstić information content (AvgIpc) is 2.65. The zero-order chi connectivity index (χ0) is 14.8. The molecule has 2 amide bonds. The Labute approximate surface area is 124 Å². The third-order valence-electron chi connectivity index (χ3n) is 4.32. The van der Waals surface area contributed by atoms with Crippen molar-refractivity contribution in [1.82, 2.24) is 4.90 Å². The van der Waals surface area contributed by atoms with Crippen molar-refractivity contribution in [1.29, 1.82) is 0 Å². The first-order chi connectivity index (χ1) is 10.2. The van der Waals surface area contributed by atoms with Gasteiger partial charge in [0, 0.05) is 31.4 Å². The molecule has 0 radical (unpaired) electrons. The number of para-hydroxylation sites is 1. The fraction of sp³-hybridized carbons (Fsp3) is 0.500. The van der Waals surface area contributed by atoms with Crippen molar-refractivity contribution in [3.05, 3.63) is 29.8 Å². The molecule has 5 nitrogen and oxygen atoms in total. The van der Waals surface area contributed by atoms with E-state index in [1.807, 2.05) is 24.3 Å². The maximum Gasteiger partial charge on any atom is 0.246 e. The van der Waals surface area contributed by atoms with Crippen LogP contribution >= 0.6 is 0 Å². The molecule has 2 aliphatic heterocycles. The third-order valence-corrected chi connectivity index (χ3v) is 4.32. The highest BCUT2D eigenvalue weighted by Crippen LogP contribution is 2.26. The molecule has 1 aromatic rings. The largest absolute Gasteiger partial charge is 0.381 e. The van der Waals surface area contributed by atoms with Gasteiger partial charge in [-0.3, -0.25) is 9.59 Å². The van der Waals surface area contributed by atoms with E-state index in [0.29, 0.717) is 19.8 Å². The van der Waals surface area contributed by atoms with Crippen molar-refractivity contribution < 1.29 is 14.3 Å². The lowest BCUT2D eigenvalue weighted by Gasteiger charge is -2.31. The number of nitrogens with one attached hydrogen (secondary N) is 1. The van der Waals surface area contributed by atoms with E-state index in [4.69, 9.17) is 4.74 Å². The molecule has 1 aromatic carbocycles. The Kier molecular flexibility index (Phi) is 3.92. The van der Waals surface area contributed by atoms with Crippen molar-refractivity contribution in [2.75, 3.05) is 18.5 Å². The molecule has 0 aliphatic carbocycles. The van der Waals surface area contributed by atoms with Gasteiger partial charge in [-0.1, -0.05) is 18.2 Å². The Morgan fingerprint density at radius 1 is 1.29 bits per heavy atom. The van der Waals surface area contributed by atoms with Gasteiger partial charge in [0.05, 0.1) is 0 Å². The van der Waals surface area contributed by atoms with Gasteiger partial charge in [0.2, 0.25) is 11.8 Å². The van der Waals surface area contributed by atoms with Gasteiger partial charge in [0.15, 0.2) is 0 Å². The van der Waals surface area contributed by atoms with Gasteiger partial charge in [-0.15, -0.1) is 0 Å². The van der Waals surface area contributed by atoms with Gasteiger partial charge >= 0.3 is 0 Å². The lowest BCUT2D eigenvalue weighted by molar-refractivity contribution is -0.144. The van der Waals surface area contributed by atoms with E-state index in [1.54, 1.807) is 11.8 Å². The predicted molar refractivity (Wildman–Crippen MR) is 78.6 cm³/mol. The third kappa shape index (κ3) is 2.78. The number of fused-ring (bicyclic) bond motifs is 1. The second-order valence-electron chi connectivity index (χ2n) is 5.68. The molecule has 0 spiro atoms. The van der Waals surface area contributed by atoms with Crippen molar-refractivity contribution in [3.8, 4) is 0 Å². The van der Waals surface area contributed by atoms with Gasteiger partial charge < -0.3 is 15.0 Å². The fourth-order valence-electron chi connectivity index (χ4n) is 2.93. The summed E-state index contributed by atoms with van der Waals surface area (Å²) in [5, 5.41) is 2.90. The number of amides is 2. The van der Waals surface area contributed by atoms with Crippen LogP contribution in [0, 0.1) is 5.92 Å². The van der Waals surface area contributed by atoms with Crippen molar-refractivity contribution in [2.45, 2.75) is 32.4 Å². The van der Waals surface area contributed by atoms with E-state index in [9.17, 15) is 9.59 Å². The SMILES string of the molecule is CC1C(=O)Nc2ccccc2CN1C(=O)C1CCOCC1. The zero-order valence-corrected chi connectivity index (χ0v) is 12.2. The summed E-state index contributed by atoms with van der Waals surface area (Å²) in [6.07, 6.45) is 1.48. The number of hydrogen-bond acceptors (Lipinski definition) is 3. The lowest BCUT2D eigenvalue weighted by atomic mass is 9.97. The minimum absolute atomic E-state index is 0.0285. The molecule has 5 heteroatoms. The number of carbonyl (C=O) groups excluding carboxylic acids is 2. The average molecular weight is 288 g/mol. The Hall–Kier alpha value is -1.88. The first-order valence-electron chi connectivity index (χ1n) is 7.44. The van der Waals surface area contributed by atoms with Crippen LogP contribution in [0.2, 0.25) is 0 Å². The molecular weight excluding hydrogens is 268 g/mol. The summed E-state index contributed by atoms with van der Waals surface area (Å²) < 4.78 is 5.32. The summed E-state index contributed by atoms with van der Waals surface area (Å²) in [5.74, 6) is -0.0859. The number of anilines is 1. The van der Waals surface area contributed by atoms with Gasteiger partial charge in [0.25, 0.3) is 0 Å².